The van der Waals surface area contributed by atoms with Crippen LogP contribution in [0, 0.1) is 29.1 Å². The number of aliphatic hydroxyl groups is 2. The van der Waals surface area contributed by atoms with Crippen LogP contribution >= 0.6 is 0 Å². The lowest BCUT2D eigenvalue weighted by atomic mass is 9.58. The van der Waals surface area contributed by atoms with Gasteiger partial charge in [-0.1, -0.05) is 29.7 Å². The zero-order valence-corrected chi connectivity index (χ0v) is 17.9. The maximum absolute atomic E-state index is 13.0. The number of aliphatic hydroxyl groups excluding tert-OH is 2. The van der Waals surface area contributed by atoms with Crippen molar-refractivity contribution < 1.29 is 19.8 Å². The highest BCUT2D eigenvalue weighted by atomic mass is 16.3. The van der Waals surface area contributed by atoms with E-state index in [-0.39, 0.29) is 22.9 Å². The Labute approximate surface area is 173 Å². The summed E-state index contributed by atoms with van der Waals surface area (Å²) in [6.07, 6.45) is 10.7. The summed E-state index contributed by atoms with van der Waals surface area (Å²) in [4.78, 5) is 25.1. The molecule has 1 unspecified atom stereocenters. The molecule has 7 atom stereocenters. The first-order valence-electron chi connectivity index (χ1n) is 11.2. The summed E-state index contributed by atoms with van der Waals surface area (Å²) in [7, 11) is 0. The molecule has 0 spiro atoms. The van der Waals surface area contributed by atoms with E-state index in [1.165, 1.54) is 18.1 Å². The van der Waals surface area contributed by atoms with Crippen molar-refractivity contribution in [1.29, 1.82) is 0 Å². The first-order valence-corrected chi connectivity index (χ1v) is 11.2. The molecule has 0 saturated heterocycles. The van der Waals surface area contributed by atoms with Crippen LogP contribution in [0.1, 0.15) is 65.7 Å². The fraction of sp³-hybridized carbons (Fsp3) is 0.680. The third-order valence-electron chi connectivity index (χ3n) is 8.29. The molecule has 2 fully saturated rings. The molecular formula is C25H34O4. The quantitative estimate of drug-likeness (QED) is 0.558. The number of rotatable bonds is 3. The Morgan fingerprint density at radius 3 is 2.79 bits per heavy atom. The standard InChI is InChI=1S/C25H34O4/c1-14(10-23(28)15(2)26)21-6-7-22-20-13-24(29)17-11-16(4-5-18(27)12-17)19(20)8-9-25(21,22)3/h4,10,13,15,17-19,21-22,26-27H,5-9,11-12H2,1-3H3/b14-10+/t15?,17-,18-,19+,21+,22-,25+/m0/s1. The maximum Gasteiger partial charge on any atom is 0.183 e. The summed E-state index contributed by atoms with van der Waals surface area (Å²) < 4.78 is 0. The van der Waals surface area contributed by atoms with Gasteiger partial charge < -0.3 is 10.2 Å². The van der Waals surface area contributed by atoms with E-state index < -0.39 is 12.2 Å². The van der Waals surface area contributed by atoms with Gasteiger partial charge in [0.25, 0.3) is 0 Å². The Morgan fingerprint density at radius 2 is 2.07 bits per heavy atom. The summed E-state index contributed by atoms with van der Waals surface area (Å²) in [5.41, 5.74) is 3.80. The first kappa shape index (κ1) is 20.7. The highest BCUT2D eigenvalue weighted by Crippen LogP contribution is 2.62. The van der Waals surface area contributed by atoms with Crippen LogP contribution in [0.2, 0.25) is 0 Å². The van der Waals surface area contributed by atoms with Crippen molar-refractivity contribution in [1.82, 2.24) is 0 Å². The predicted octanol–water partition coefficient (Wildman–Crippen LogP) is 3.92. The summed E-state index contributed by atoms with van der Waals surface area (Å²) in [5.74, 6) is 0.916. The van der Waals surface area contributed by atoms with E-state index >= 15 is 0 Å². The minimum absolute atomic E-state index is 0.0523. The molecule has 158 valence electrons. The van der Waals surface area contributed by atoms with Crippen LogP contribution in [0.3, 0.4) is 0 Å². The molecule has 2 N–H and O–H groups in total. The highest BCUT2D eigenvalue weighted by molar-refractivity contribution is 5.94. The van der Waals surface area contributed by atoms with Gasteiger partial charge in [0, 0.05) is 11.8 Å². The Morgan fingerprint density at radius 1 is 1.31 bits per heavy atom. The summed E-state index contributed by atoms with van der Waals surface area (Å²) in [6, 6.07) is 0. The molecule has 4 heteroatoms. The molecule has 29 heavy (non-hydrogen) atoms. The van der Waals surface area contributed by atoms with Crippen LogP contribution in [-0.2, 0) is 9.59 Å². The molecule has 2 bridgehead atoms. The molecule has 0 aliphatic heterocycles. The third-order valence-corrected chi connectivity index (χ3v) is 8.29. The number of carbonyl (C=O) groups excluding carboxylic acids is 2. The van der Waals surface area contributed by atoms with Gasteiger partial charge in [0.2, 0.25) is 0 Å². The minimum Gasteiger partial charge on any atom is -0.393 e. The number of hydrogen-bond acceptors (Lipinski definition) is 4. The minimum atomic E-state index is -0.960. The highest BCUT2D eigenvalue weighted by Gasteiger charge is 2.53. The molecule has 0 radical (unpaired) electrons. The lowest BCUT2D eigenvalue weighted by Crippen LogP contribution is -2.37. The van der Waals surface area contributed by atoms with Gasteiger partial charge in [0.05, 0.1) is 6.10 Å². The monoisotopic (exact) mass is 398 g/mol. The molecule has 4 aliphatic carbocycles. The van der Waals surface area contributed by atoms with Crippen LogP contribution in [0.5, 0.6) is 0 Å². The van der Waals surface area contributed by atoms with Crippen LogP contribution in [0.4, 0.5) is 0 Å². The Bertz CT molecular complexity index is 802. The van der Waals surface area contributed by atoms with Crippen molar-refractivity contribution in [2.24, 2.45) is 29.1 Å². The van der Waals surface area contributed by atoms with Crippen LogP contribution in [0.25, 0.3) is 0 Å². The van der Waals surface area contributed by atoms with E-state index in [2.05, 4.69) is 13.0 Å². The van der Waals surface area contributed by atoms with Crippen molar-refractivity contribution in [3.63, 3.8) is 0 Å². The van der Waals surface area contributed by atoms with Crippen molar-refractivity contribution >= 4 is 11.6 Å². The van der Waals surface area contributed by atoms with Gasteiger partial charge in [-0.25, -0.2) is 0 Å². The third kappa shape index (κ3) is 3.59. The second-order valence-electron chi connectivity index (χ2n) is 10.1. The van der Waals surface area contributed by atoms with E-state index in [0.717, 1.165) is 37.7 Å². The number of carbonyl (C=O) groups is 2. The van der Waals surface area contributed by atoms with Crippen molar-refractivity contribution in [2.75, 3.05) is 0 Å². The second kappa shape index (κ2) is 7.63. The lowest BCUT2D eigenvalue weighted by Gasteiger charge is -2.46. The molecular weight excluding hydrogens is 364 g/mol. The largest absolute Gasteiger partial charge is 0.393 e. The summed E-state index contributed by atoms with van der Waals surface area (Å²) in [6.45, 7) is 5.88. The Hall–Kier alpha value is -1.52. The second-order valence-corrected chi connectivity index (χ2v) is 10.1. The molecule has 0 amide bonds. The summed E-state index contributed by atoms with van der Waals surface area (Å²) >= 11 is 0. The van der Waals surface area contributed by atoms with E-state index in [9.17, 15) is 19.8 Å². The molecule has 4 aliphatic rings. The number of fused-ring (bicyclic) bond motifs is 6. The Balaban J connectivity index is 1.66. The maximum atomic E-state index is 13.0. The number of allylic oxidation sites excluding steroid dienone is 4. The van der Waals surface area contributed by atoms with Gasteiger partial charge in [-0.2, -0.15) is 0 Å². The normalized spacial score (nSPS) is 40.8. The van der Waals surface area contributed by atoms with Gasteiger partial charge in [0.1, 0.15) is 6.10 Å². The first-order chi connectivity index (χ1) is 13.7. The van der Waals surface area contributed by atoms with E-state index in [4.69, 9.17) is 0 Å². The van der Waals surface area contributed by atoms with Gasteiger partial charge >= 0.3 is 0 Å². The molecule has 4 nitrogen and oxygen atoms in total. The van der Waals surface area contributed by atoms with Crippen LogP contribution in [0.15, 0.2) is 34.9 Å². The molecule has 0 aromatic carbocycles. The van der Waals surface area contributed by atoms with E-state index in [0.29, 0.717) is 30.6 Å². The number of hydrogen-bond donors (Lipinski definition) is 2. The van der Waals surface area contributed by atoms with Gasteiger partial charge in [-0.15, -0.1) is 0 Å². The average molecular weight is 399 g/mol. The van der Waals surface area contributed by atoms with E-state index in [1.54, 1.807) is 6.08 Å². The molecule has 0 aromatic rings. The number of ketones is 2. The van der Waals surface area contributed by atoms with Crippen LogP contribution < -0.4 is 0 Å². The lowest BCUT2D eigenvalue weighted by molar-refractivity contribution is -0.121. The van der Waals surface area contributed by atoms with Crippen LogP contribution in [-0.4, -0.2) is 34.0 Å². The van der Waals surface area contributed by atoms with Gasteiger partial charge in [0.15, 0.2) is 11.6 Å². The van der Waals surface area contributed by atoms with E-state index in [1.807, 2.05) is 13.0 Å². The van der Waals surface area contributed by atoms with Gasteiger partial charge in [-0.05, 0) is 88.2 Å². The van der Waals surface area contributed by atoms with Gasteiger partial charge in [-0.3, -0.25) is 9.59 Å². The van der Waals surface area contributed by atoms with Crippen molar-refractivity contribution in [3.05, 3.63) is 34.9 Å². The fourth-order valence-electron chi connectivity index (χ4n) is 6.74. The molecule has 4 rings (SSSR count). The average Bonchev–Trinajstić information content (AvgIpc) is 2.80. The smallest absolute Gasteiger partial charge is 0.183 e. The predicted molar refractivity (Wildman–Crippen MR) is 112 cm³/mol. The zero-order chi connectivity index (χ0) is 20.9. The Kier molecular flexibility index (Phi) is 5.45. The van der Waals surface area contributed by atoms with Crippen molar-refractivity contribution in [3.8, 4) is 0 Å². The van der Waals surface area contributed by atoms with Crippen molar-refractivity contribution in [2.45, 2.75) is 77.9 Å². The molecule has 2 saturated carbocycles. The molecule has 0 heterocycles. The fourth-order valence-corrected chi connectivity index (χ4v) is 6.74. The topological polar surface area (TPSA) is 74.6 Å². The zero-order valence-electron chi connectivity index (χ0n) is 17.9. The molecule has 0 aromatic heterocycles. The SMILES string of the molecule is C/C(=C\C(=O)C(C)O)[C@H]1CC[C@H]2C3=CC(=O)[C@H]4CC(=CC[C@H](O)C4)[C@H]3CC[C@]12C. The summed E-state index contributed by atoms with van der Waals surface area (Å²) in [5, 5.41) is 19.8.